The van der Waals surface area contributed by atoms with Gasteiger partial charge in [-0.05, 0) is 49.6 Å². The lowest BCUT2D eigenvalue weighted by Crippen LogP contribution is -2.23. The lowest BCUT2D eigenvalue weighted by atomic mass is 9.93. The van der Waals surface area contributed by atoms with Gasteiger partial charge in [0.1, 0.15) is 5.76 Å². The van der Waals surface area contributed by atoms with Crippen molar-refractivity contribution in [3.05, 3.63) is 87.3 Å². The highest BCUT2D eigenvalue weighted by Gasteiger charge is 2.31. The minimum absolute atomic E-state index is 0.195. The molecule has 0 fully saturated rings. The lowest BCUT2D eigenvalue weighted by Gasteiger charge is -2.14. The third kappa shape index (κ3) is 5.06. The van der Waals surface area contributed by atoms with Crippen LogP contribution in [0.3, 0.4) is 0 Å². The quantitative estimate of drug-likeness (QED) is 0.423. The number of benzene rings is 2. The fourth-order valence-corrected chi connectivity index (χ4v) is 3.99. The number of rotatable bonds is 5. The molecule has 0 aliphatic heterocycles. The van der Waals surface area contributed by atoms with Crippen LogP contribution in [0.15, 0.2) is 58.0 Å². The molecule has 0 spiro atoms. The van der Waals surface area contributed by atoms with Gasteiger partial charge in [0.05, 0.1) is 17.0 Å². The second-order valence-corrected chi connectivity index (χ2v) is 8.14. The molecule has 2 N–H and O–H groups in total. The Hall–Kier alpha value is -3.26. The zero-order chi connectivity index (χ0) is 23.6. The molecule has 172 valence electrons. The first-order valence-electron chi connectivity index (χ1n) is 10.4. The lowest BCUT2D eigenvalue weighted by molar-refractivity contribution is -0.137. The minimum Gasteiger partial charge on any atom is -0.455 e. The zero-order valence-corrected chi connectivity index (χ0v) is 18.5. The van der Waals surface area contributed by atoms with E-state index in [1.54, 1.807) is 13.0 Å². The van der Waals surface area contributed by atoms with Crippen molar-refractivity contribution in [2.75, 3.05) is 5.43 Å². The maximum absolute atomic E-state index is 13.0. The van der Waals surface area contributed by atoms with Gasteiger partial charge in [-0.1, -0.05) is 35.9 Å². The number of alkyl halides is 3. The number of carbonyl (C=O) groups is 1. The zero-order valence-electron chi connectivity index (χ0n) is 17.7. The largest absolute Gasteiger partial charge is 0.455 e. The van der Waals surface area contributed by atoms with Crippen molar-refractivity contribution < 1.29 is 22.4 Å². The summed E-state index contributed by atoms with van der Waals surface area (Å²) in [5.41, 5.74) is 4.98. The highest BCUT2D eigenvalue weighted by Crippen LogP contribution is 2.32. The highest BCUT2D eigenvalue weighted by atomic mass is 35.5. The molecule has 1 aliphatic rings. The van der Waals surface area contributed by atoms with Crippen molar-refractivity contribution in [1.29, 1.82) is 0 Å². The van der Waals surface area contributed by atoms with E-state index in [1.165, 1.54) is 12.1 Å². The fraction of sp³-hybridized carbons (Fsp3) is 0.250. The molecule has 1 heterocycles. The molecule has 3 aromatic rings. The number of amides is 1. The summed E-state index contributed by atoms with van der Waals surface area (Å²) >= 11 is 6.15. The van der Waals surface area contributed by atoms with Crippen LogP contribution in [0.4, 0.5) is 18.9 Å². The van der Waals surface area contributed by atoms with Crippen molar-refractivity contribution in [1.82, 2.24) is 5.32 Å². The van der Waals surface area contributed by atoms with Crippen molar-refractivity contribution in [3.63, 3.8) is 0 Å². The van der Waals surface area contributed by atoms with Crippen LogP contribution in [-0.4, -0.2) is 11.6 Å². The summed E-state index contributed by atoms with van der Waals surface area (Å²) in [4.78, 5) is 12.8. The molecule has 0 radical (unpaired) electrons. The van der Waals surface area contributed by atoms with Crippen LogP contribution in [0.25, 0.3) is 0 Å². The first-order chi connectivity index (χ1) is 15.7. The van der Waals surface area contributed by atoms with Crippen molar-refractivity contribution >= 4 is 28.9 Å². The number of hydrogen-bond donors (Lipinski definition) is 2. The molecule has 1 aliphatic carbocycles. The number of fused-ring (bicyclic) bond motifs is 1. The normalized spacial score (nSPS) is 14.8. The molecule has 1 aromatic heterocycles. The molecule has 0 atom stereocenters. The Balaban J connectivity index is 1.54. The van der Waals surface area contributed by atoms with Gasteiger partial charge in [0.15, 0.2) is 5.76 Å². The molecule has 1 amide bonds. The second-order valence-electron chi connectivity index (χ2n) is 7.73. The van der Waals surface area contributed by atoms with Crippen LogP contribution >= 0.6 is 11.6 Å². The smallest absolute Gasteiger partial charge is 0.416 e. The van der Waals surface area contributed by atoms with Gasteiger partial charge < -0.3 is 9.73 Å². The van der Waals surface area contributed by atoms with E-state index in [0.29, 0.717) is 34.9 Å². The fourth-order valence-electron chi connectivity index (χ4n) is 3.79. The Bertz CT molecular complexity index is 1220. The van der Waals surface area contributed by atoms with E-state index < -0.39 is 11.7 Å². The van der Waals surface area contributed by atoms with Gasteiger partial charge in [-0.2, -0.15) is 18.3 Å². The van der Waals surface area contributed by atoms with Crippen LogP contribution in [-0.2, 0) is 19.1 Å². The molecule has 4 rings (SSSR count). The SMILES string of the molecule is Cc1c(C(=O)NCc2ccccc2Cl)oc2c1/C(=N/Nc1cccc(C(F)(F)F)c1)CCC2. The molecule has 0 unspecified atom stereocenters. The standard InChI is InChI=1S/C24H21ClF3N3O2/c1-14-21-19(31-30-17-8-4-7-16(12-17)24(26,27)28)10-5-11-20(21)33-22(14)23(32)29-13-15-6-2-3-9-18(15)25/h2-4,6-9,12,30H,5,10-11,13H2,1H3,(H,29,32)/b31-19+. The number of hydrogen-bond acceptors (Lipinski definition) is 4. The number of nitrogens with zero attached hydrogens (tertiary/aromatic N) is 1. The number of anilines is 1. The molecule has 2 aromatic carbocycles. The Kier molecular flexibility index (Phi) is 6.47. The summed E-state index contributed by atoms with van der Waals surface area (Å²) in [7, 11) is 0. The average molecular weight is 476 g/mol. The molecule has 33 heavy (non-hydrogen) atoms. The Morgan fingerprint density at radius 1 is 1.15 bits per heavy atom. The average Bonchev–Trinajstić information content (AvgIpc) is 3.14. The van der Waals surface area contributed by atoms with E-state index in [9.17, 15) is 18.0 Å². The molecule has 9 heteroatoms. The molecule has 0 saturated carbocycles. The number of aryl methyl sites for hydroxylation is 1. The summed E-state index contributed by atoms with van der Waals surface area (Å²) in [6.45, 7) is 2.03. The van der Waals surface area contributed by atoms with Crippen LogP contribution in [0, 0.1) is 6.92 Å². The number of hydrazone groups is 1. The maximum atomic E-state index is 13.0. The molecule has 0 saturated heterocycles. The van der Waals surface area contributed by atoms with Gasteiger partial charge in [0.2, 0.25) is 0 Å². The number of furan rings is 1. The number of carbonyl (C=O) groups excluding carboxylic acids is 1. The molecular weight excluding hydrogens is 455 g/mol. The molecule has 5 nitrogen and oxygen atoms in total. The van der Waals surface area contributed by atoms with Gasteiger partial charge in [-0.3, -0.25) is 10.2 Å². The second kappa shape index (κ2) is 9.31. The van der Waals surface area contributed by atoms with Crippen LogP contribution in [0.5, 0.6) is 0 Å². The highest BCUT2D eigenvalue weighted by molar-refractivity contribution is 6.31. The Labute approximate surface area is 193 Å². The summed E-state index contributed by atoms with van der Waals surface area (Å²) in [6, 6.07) is 12.1. The van der Waals surface area contributed by atoms with Crippen molar-refractivity contribution in [2.24, 2.45) is 5.10 Å². The van der Waals surface area contributed by atoms with Gasteiger partial charge in [0.25, 0.3) is 5.91 Å². The predicted molar refractivity (Wildman–Crippen MR) is 121 cm³/mol. The van der Waals surface area contributed by atoms with E-state index >= 15 is 0 Å². The molecular formula is C24H21ClF3N3O2. The van der Waals surface area contributed by atoms with Crippen LogP contribution < -0.4 is 10.7 Å². The van der Waals surface area contributed by atoms with E-state index in [0.717, 1.165) is 29.7 Å². The van der Waals surface area contributed by atoms with Gasteiger partial charge >= 0.3 is 6.18 Å². The summed E-state index contributed by atoms with van der Waals surface area (Å²) in [5.74, 6) is 0.471. The first-order valence-corrected chi connectivity index (χ1v) is 10.8. The third-order valence-electron chi connectivity index (χ3n) is 5.44. The van der Waals surface area contributed by atoms with Crippen molar-refractivity contribution in [2.45, 2.75) is 38.9 Å². The summed E-state index contributed by atoms with van der Waals surface area (Å²) < 4.78 is 44.8. The van der Waals surface area contributed by atoms with E-state index in [1.807, 2.05) is 18.2 Å². The predicted octanol–water partition coefficient (Wildman–Crippen LogP) is 6.34. The van der Waals surface area contributed by atoms with E-state index in [4.69, 9.17) is 16.0 Å². The topological polar surface area (TPSA) is 66.6 Å². The molecule has 0 bridgehead atoms. The summed E-state index contributed by atoms with van der Waals surface area (Å²) in [5, 5.41) is 7.73. The Morgan fingerprint density at radius 3 is 2.70 bits per heavy atom. The van der Waals surface area contributed by atoms with Gasteiger partial charge in [0, 0.05) is 29.1 Å². The number of nitrogens with one attached hydrogen (secondary N) is 2. The minimum atomic E-state index is -4.43. The van der Waals surface area contributed by atoms with E-state index in [2.05, 4.69) is 15.8 Å². The van der Waals surface area contributed by atoms with Crippen molar-refractivity contribution in [3.8, 4) is 0 Å². The van der Waals surface area contributed by atoms with E-state index in [-0.39, 0.29) is 23.9 Å². The van der Waals surface area contributed by atoms with Gasteiger partial charge in [-0.15, -0.1) is 0 Å². The Morgan fingerprint density at radius 2 is 1.94 bits per heavy atom. The monoisotopic (exact) mass is 475 g/mol. The first kappa shape index (κ1) is 22.9. The van der Waals surface area contributed by atoms with Gasteiger partial charge in [-0.25, -0.2) is 0 Å². The van der Waals surface area contributed by atoms with Crippen LogP contribution in [0.1, 0.15) is 51.4 Å². The van der Waals surface area contributed by atoms with Crippen LogP contribution in [0.2, 0.25) is 5.02 Å². The summed E-state index contributed by atoms with van der Waals surface area (Å²) in [6.07, 6.45) is -2.42. The number of halogens is 4. The third-order valence-corrected chi connectivity index (χ3v) is 5.81. The maximum Gasteiger partial charge on any atom is 0.416 e.